The summed E-state index contributed by atoms with van der Waals surface area (Å²) in [5.41, 5.74) is 1.54. The number of nitrogens with zero attached hydrogens (tertiary/aromatic N) is 3. The standard InChI is InChI=1S/C17H17F3N4/c1-12-10-23-24(11-12)8-2-6-21-15-5-7-22-16-9-13(17(18,19)20)3-4-14(15)16/h3-5,7,9-11H,2,6,8H2,1H3,(H,21,22). The number of halogens is 3. The Bertz CT molecular complexity index is 839. The van der Waals surface area contributed by atoms with Gasteiger partial charge in [-0.1, -0.05) is 6.07 Å². The largest absolute Gasteiger partial charge is 0.416 e. The fraction of sp³-hybridized carbons (Fsp3) is 0.294. The monoisotopic (exact) mass is 334 g/mol. The number of aryl methyl sites for hydroxylation is 2. The van der Waals surface area contributed by atoms with Crippen molar-refractivity contribution in [3.8, 4) is 0 Å². The highest BCUT2D eigenvalue weighted by Crippen LogP contribution is 2.32. The minimum Gasteiger partial charge on any atom is -0.384 e. The fourth-order valence-corrected chi connectivity index (χ4v) is 2.53. The molecule has 126 valence electrons. The summed E-state index contributed by atoms with van der Waals surface area (Å²) in [5.74, 6) is 0. The second-order valence-electron chi connectivity index (χ2n) is 5.65. The second kappa shape index (κ2) is 6.51. The Labute approximate surface area is 137 Å². The molecule has 2 aromatic heterocycles. The third-order valence-electron chi connectivity index (χ3n) is 3.71. The van der Waals surface area contributed by atoms with E-state index >= 15 is 0 Å². The van der Waals surface area contributed by atoms with Crippen molar-refractivity contribution in [2.75, 3.05) is 11.9 Å². The van der Waals surface area contributed by atoms with Crippen LogP contribution in [0.4, 0.5) is 18.9 Å². The van der Waals surface area contributed by atoms with E-state index in [0.717, 1.165) is 36.3 Å². The molecule has 0 radical (unpaired) electrons. The Balaban J connectivity index is 1.68. The van der Waals surface area contributed by atoms with Gasteiger partial charge in [0.05, 0.1) is 17.3 Å². The number of benzene rings is 1. The zero-order valence-electron chi connectivity index (χ0n) is 13.1. The molecule has 0 fully saturated rings. The molecule has 0 bridgehead atoms. The molecule has 0 unspecified atom stereocenters. The maximum absolute atomic E-state index is 12.8. The van der Waals surface area contributed by atoms with Gasteiger partial charge in [0, 0.05) is 36.6 Å². The first kappa shape index (κ1) is 16.3. The first-order valence-corrected chi connectivity index (χ1v) is 7.62. The van der Waals surface area contributed by atoms with E-state index in [2.05, 4.69) is 15.4 Å². The number of anilines is 1. The molecule has 0 saturated carbocycles. The fourth-order valence-electron chi connectivity index (χ4n) is 2.53. The van der Waals surface area contributed by atoms with Crippen LogP contribution in [0.2, 0.25) is 0 Å². The summed E-state index contributed by atoms with van der Waals surface area (Å²) in [6.07, 6.45) is 1.79. The van der Waals surface area contributed by atoms with Gasteiger partial charge in [-0.3, -0.25) is 9.67 Å². The molecule has 3 rings (SSSR count). The minimum absolute atomic E-state index is 0.331. The van der Waals surface area contributed by atoms with Crippen molar-refractivity contribution in [3.05, 3.63) is 54.0 Å². The number of pyridine rings is 1. The van der Waals surface area contributed by atoms with E-state index in [1.54, 1.807) is 6.07 Å². The van der Waals surface area contributed by atoms with Gasteiger partial charge in [-0.15, -0.1) is 0 Å². The first-order chi connectivity index (χ1) is 11.4. The summed E-state index contributed by atoms with van der Waals surface area (Å²) in [6.45, 7) is 3.46. The van der Waals surface area contributed by atoms with Gasteiger partial charge in [0.1, 0.15) is 0 Å². The van der Waals surface area contributed by atoms with E-state index in [4.69, 9.17) is 0 Å². The highest BCUT2D eigenvalue weighted by atomic mass is 19.4. The molecule has 7 heteroatoms. The smallest absolute Gasteiger partial charge is 0.384 e. The van der Waals surface area contributed by atoms with Crippen LogP contribution in [-0.4, -0.2) is 21.3 Å². The lowest BCUT2D eigenvalue weighted by molar-refractivity contribution is -0.137. The van der Waals surface area contributed by atoms with Crippen molar-refractivity contribution in [2.24, 2.45) is 0 Å². The maximum atomic E-state index is 12.8. The number of nitrogens with one attached hydrogen (secondary N) is 1. The second-order valence-corrected chi connectivity index (χ2v) is 5.65. The summed E-state index contributed by atoms with van der Waals surface area (Å²) in [6, 6.07) is 5.40. The molecule has 0 atom stereocenters. The van der Waals surface area contributed by atoms with E-state index in [-0.39, 0.29) is 0 Å². The van der Waals surface area contributed by atoms with Crippen molar-refractivity contribution in [1.82, 2.24) is 14.8 Å². The predicted molar refractivity (Wildman–Crippen MR) is 86.8 cm³/mol. The molecule has 0 amide bonds. The maximum Gasteiger partial charge on any atom is 0.416 e. The van der Waals surface area contributed by atoms with Crippen LogP contribution in [0.25, 0.3) is 10.9 Å². The molecule has 1 aromatic carbocycles. The van der Waals surface area contributed by atoms with Crippen LogP contribution < -0.4 is 5.32 Å². The Morgan fingerprint density at radius 3 is 2.75 bits per heavy atom. The van der Waals surface area contributed by atoms with Gasteiger partial charge in [-0.25, -0.2) is 0 Å². The topological polar surface area (TPSA) is 42.7 Å². The van der Waals surface area contributed by atoms with Gasteiger partial charge in [-0.2, -0.15) is 18.3 Å². The third-order valence-corrected chi connectivity index (χ3v) is 3.71. The molecule has 3 aromatic rings. The van der Waals surface area contributed by atoms with Crippen LogP contribution in [-0.2, 0) is 12.7 Å². The van der Waals surface area contributed by atoms with E-state index in [1.807, 2.05) is 24.0 Å². The number of alkyl halides is 3. The molecule has 0 saturated heterocycles. The number of fused-ring (bicyclic) bond motifs is 1. The van der Waals surface area contributed by atoms with Crippen molar-refractivity contribution in [2.45, 2.75) is 26.1 Å². The summed E-state index contributed by atoms with van der Waals surface area (Å²) >= 11 is 0. The van der Waals surface area contributed by atoms with Crippen molar-refractivity contribution in [1.29, 1.82) is 0 Å². The van der Waals surface area contributed by atoms with Gasteiger partial charge in [0.2, 0.25) is 0 Å². The molecule has 0 aliphatic rings. The van der Waals surface area contributed by atoms with E-state index < -0.39 is 11.7 Å². The summed E-state index contributed by atoms with van der Waals surface area (Å²) < 4.78 is 40.2. The molecule has 2 heterocycles. The molecule has 4 nitrogen and oxygen atoms in total. The number of rotatable bonds is 5. The molecular weight excluding hydrogens is 317 g/mol. The Hall–Kier alpha value is -2.57. The van der Waals surface area contributed by atoms with Crippen LogP contribution >= 0.6 is 0 Å². The SMILES string of the molecule is Cc1cnn(CCCNc2ccnc3cc(C(F)(F)F)ccc23)c1. The average molecular weight is 334 g/mol. The quantitative estimate of drug-likeness (QED) is 0.709. The minimum atomic E-state index is -4.36. The number of aromatic nitrogens is 3. The molecule has 0 aliphatic heterocycles. The van der Waals surface area contributed by atoms with Gasteiger partial charge < -0.3 is 5.32 Å². The van der Waals surface area contributed by atoms with Crippen LogP contribution in [0.3, 0.4) is 0 Å². The highest BCUT2D eigenvalue weighted by Gasteiger charge is 2.30. The van der Waals surface area contributed by atoms with Crippen molar-refractivity contribution >= 4 is 16.6 Å². The number of hydrogen-bond acceptors (Lipinski definition) is 3. The molecule has 0 aliphatic carbocycles. The van der Waals surface area contributed by atoms with Crippen LogP contribution in [0.15, 0.2) is 42.9 Å². The van der Waals surface area contributed by atoms with Gasteiger partial charge >= 0.3 is 6.18 Å². The zero-order chi connectivity index (χ0) is 17.2. The molecule has 1 N–H and O–H groups in total. The molecular formula is C17H17F3N4. The van der Waals surface area contributed by atoms with Crippen LogP contribution in [0.5, 0.6) is 0 Å². The van der Waals surface area contributed by atoms with Crippen molar-refractivity contribution in [3.63, 3.8) is 0 Å². The third kappa shape index (κ3) is 3.67. The molecule has 0 spiro atoms. The Morgan fingerprint density at radius 1 is 1.21 bits per heavy atom. The first-order valence-electron chi connectivity index (χ1n) is 7.62. The lowest BCUT2D eigenvalue weighted by Gasteiger charge is -2.11. The average Bonchev–Trinajstić information content (AvgIpc) is 2.95. The van der Waals surface area contributed by atoms with E-state index in [9.17, 15) is 13.2 Å². The zero-order valence-corrected chi connectivity index (χ0v) is 13.1. The van der Waals surface area contributed by atoms with E-state index in [0.29, 0.717) is 17.4 Å². The normalized spacial score (nSPS) is 11.8. The summed E-state index contributed by atoms with van der Waals surface area (Å²) in [4.78, 5) is 4.04. The van der Waals surface area contributed by atoms with Crippen LogP contribution in [0.1, 0.15) is 17.5 Å². The lowest BCUT2D eigenvalue weighted by Crippen LogP contribution is -2.08. The highest BCUT2D eigenvalue weighted by molar-refractivity contribution is 5.91. The lowest BCUT2D eigenvalue weighted by atomic mass is 10.1. The van der Waals surface area contributed by atoms with Gasteiger partial charge in [0.15, 0.2) is 0 Å². The number of hydrogen-bond donors (Lipinski definition) is 1. The predicted octanol–water partition coefficient (Wildman–Crippen LogP) is 4.26. The van der Waals surface area contributed by atoms with Crippen LogP contribution in [0, 0.1) is 6.92 Å². The van der Waals surface area contributed by atoms with Gasteiger partial charge in [0.25, 0.3) is 0 Å². The van der Waals surface area contributed by atoms with Gasteiger partial charge in [-0.05, 0) is 37.1 Å². The Morgan fingerprint density at radius 2 is 2.04 bits per heavy atom. The molecule has 24 heavy (non-hydrogen) atoms. The van der Waals surface area contributed by atoms with E-state index in [1.165, 1.54) is 12.3 Å². The Kier molecular flexibility index (Phi) is 4.42. The van der Waals surface area contributed by atoms with Crippen molar-refractivity contribution < 1.29 is 13.2 Å². The summed E-state index contributed by atoms with van der Waals surface area (Å²) in [5, 5.41) is 8.16. The summed E-state index contributed by atoms with van der Waals surface area (Å²) in [7, 11) is 0.